The third-order valence-electron chi connectivity index (χ3n) is 2.22. The zero-order chi connectivity index (χ0) is 11.6. The van der Waals surface area contributed by atoms with Gasteiger partial charge in [-0.05, 0) is 31.5 Å². The molecule has 15 heavy (non-hydrogen) atoms. The highest BCUT2D eigenvalue weighted by Crippen LogP contribution is 2.39. The predicted molar refractivity (Wildman–Crippen MR) is 58.4 cm³/mol. The molecule has 1 rings (SSSR count). The topological polar surface area (TPSA) is 64.7 Å². The summed E-state index contributed by atoms with van der Waals surface area (Å²) in [4.78, 5) is 0. The van der Waals surface area contributed by atoms with Gasteiger partial charge in [0.2, 0.25) is 5.75 Å². The fraction of sp³-hybridized carbons (Fsp3) is 0.455. The summed E-state index contributed by atoms with van der Waals surface area (Å²) in [6.07, 6.45) is 0. The minimum Gasteiger partial charge on any atom is -0.502 e. The molecule has 4 heteroatoms. The standard InChI is InChI=1S/C11H17NO3/c1-11(2,12)7-5-8(14-3)10(13)9(6-7)15-4/h5-6,13H,12H2,1-4H3. The first-order valence-electron chi connectivity index (χ1n) is 4.64. The van der Waals surface area contributed by atoms with Gasteiger partial charge in [0.05, 0.1) is 14.2 Å². The molecule has 0 aliphatic rings. The quantitative estimate of drug-likeness (QED) is 0.797. The Hall–Kier alpha value is -1.42. The van der Waals surface area contributed by atoms with E-state index in [9.17, 15) is 5.11 Å². The summed E-state index contributed by atoms with van der Waals surface area (Å²) >= 11 is 0. The Bertz CT molecular complexity index is 330. The fourth-order valence-corrected chi connectivity index (χ4v) is 1.27. The van der Waals surface area contributed by atoms with Gasteiger partial charge < -0.3 is 20.3 Å². The summed E-state index contributed by atoms with van der Waals surface area (Å²) < 4.78 is 10.1. The zero-order valence-corrected chi connectivity index (χ0v) is 9.50. The number of rotatable bonds is 3. The van der Waals surface area contributed by atoms with Crippen LogP contribution in [0.25, 0.3) is 0 Å². The lowest BCUT2D eigenvalue weighted by Crippen LogP contribution is -2.28. The van der Waals surface area contributed by atoms with Crippen molar-refractivity contribution >= 4 is 0 Å². The molecular weight excluding hydrogens is 194 g/mol. The Morgan fingerprint density at radius 3 is 1.80 bits per heavy atom. The van der Waals surface area contributed by atoms with Gasteiger partial charge >= 0.3 is 0 Å². The van der Waals surface area contributed by atoms with Crippen molar-refractivity contribution in [3.05, 3.63) is 17.7 Å². The minimum absolute atomic E-state index is 0.00648. The highest BCUT2D eigenvalue weighted by molar-refractivity contribution is 5.53. The maximum atomic E-state index is 9.69. The van der Waals surface area contributed by atoms with Gasteiger partial charge in [-0.15, -0.1) is 0 Å². The third kappa shape index (κ3) is 2.33. The molecule has 0 radical (unpaired) electrons. The van der Waals surface area contributed by atoms with Crippen LogP contribution in [0.1, 0.15) is 19.4 Å². The lowest BCUT2D eigenvalue weighted by Gasteiger charge is -2.21. The van der Waals surface area contributed by atoms with Gasteiger partial charge in [-0.25, -0.2) is 0 Å². The maximum absolute atomic E-state index is 9.69. The van der Waals surface area contributed by atoms with Crippen LogP contribution in [-0.2, 0) is 5.54 Å². The van der Waals surface area contributed by atoms with Crippen LogP contribution in [0.2, 0.25) is 0 Å². The average molecular weight is 211 g/mol. The molecule has 0 aliphatic heterocycles. The van der Waals surface area contributed by atoms with Crippen molar-refractivity contribution in [2.75, 3.05) is 14.2 Å². The molecule has 0 unspecified atom stereocenters. The average Bonchev–Trinajstić information content (AvgIpc) is 2.16. The van der Waals surface area contributed by atoms with E-state index in [4.69, 9.17) is 15.2 Å². The van der Waals surface area contributed by atoms with Crippen LogP contribution in [0, 0.1) is 0 Å². The first-order valence-corrected chi connectivity index (χ1v) is 4.64. The van der Waals surface area contributed by atoms with Gasteiger partial charge in [0.15, 0.2) is 11.5 Å². The van der Waals surface area contributed by atoms with Crippen molar-refractivity contribution in [2.45, 2.75) is 19.4 Å². The fourth-order valence-electron chi connectivity index (χ4n) is 1.27. The summed E-state index contributed by atoms with van der Waals surface area (Å²) in [5.74, 6) is 0.721. The van der Waals surface area contributed by atoms with Crippen molar-refractivity contribution in [3.63, 3.8) is 0 Å². The second-order valence-electron chi connectivity index (χ2n) is 3.95. The van der Waals surface area contributed by atoms with E-state index in [2.05, 4.69) is 0 Å². The molecule has 0 fully saturated rings. The van der Waals surface area contributed by atoms with Gasteiger partial charge in [-0.2, -0.15) is 0 Å². The summed E-state index contributed by atoms with van der Waals surface area (Å²) in [6, 6.07) is 3.41. The Morgan fingerprint density at radius 2 is 1.53 bits per heavy atom. The van der Waals surface area contributed by atoms with E-state index in [1.54, 1.807) is 12.1 Å². The van der Waals surface area contributed by atoms with E-state index >= 15 is 0 Å². The second kappa shape index (κ2) is 3.98. The van der Waals surface area contributed by atoms with E-state index in [0.29, 0.717) is 11.5 Å². The molecule has 0 spiro atoms. The summed E-state index contributed by atoms with van der Waals surface area (Å²) in [6.45, 7) is 3.75. The van der Waals surface area contributed by atoms with Crippen LogP contribution in [0.15, 0.2) is 12.1 Å². The van der Waals surface area contributed by atoms with Gasteiger partial charge in [0.25, 0.3) is 0 Å². The van der Waals surface area contributed by atoms with Gasteiger partial charge in [0.1, 0.15) is 0 Å². The van der Waals surface area contributed by atoms with Crippen molar-refractivity contribution in [3.8, 4) is 17.2 Å². The van der Waals surface area contributed by atoms with Gasteiger partial charge in [-0.3, -0.25) is 0 Å². The lowest BCUT2D eigenvalue weighted by molar-refractivity contribution is 0.337. The summed E-state index contributed by atoms with van der Waals surface area (Å²) in [5, 5.41) is 9.69. The second-order valence-corrected chi connectivity index (χ2v) is 3.95. The molecule has 0 atom stereocenters. The number of phenols is 1. The SMILES string of the molecule is COc1cc(C(C)(C)N)cc(OC)c1O. The molecule has 0 bridgehead atoms. The number of methoxy groups -OCH3 is 2. The van der Waals surface area contributed by atoms with Crippen molar-refractivity contribution in [2.24, 2.45) is 5.73 Å². The molecular formula is C11H17NO3. The molecule has 0 aromatic heterocycles. The Balaban J connectivity index is 3.33. The Kier molecular flexibility index (Phi) is 3.09. The smallest absolute Gasteiger partial charge is 0.200 e. The van der Waals surface area contributed by atoms with Crippen LogP contribution >= 0.6 is 0 Å². The van der Waals surface area contributed by atoms with Crippen LogP contribution in [-0.4, -0.2) is 19.3 Å². The van der Waals surface area contributed by atoms with E-state index in [-0.39, 0.29) is 5.75 Å². The lowest BCUT2D eigenvalue weighted by atomic mass is 9.95. The number of nitrogens with two attached hydrogens (primary N) is 1. The molecule has 1 aromatic rings. The molecule has 0 saturated carbocycles. The number of hydrogen-bond donors (Lipinski definition) is 2. The molecule has 0 aliphatic carbocycles. The van der Waals surface area contributed by atoms with E-state index < -0.39 is 5.54 Å². The molecule has 0 saturated heterocycles. The highest BCUT2D eigenvalue weighted by atomic mass is 16.5. The van der Waals surface area contributed by atoms with Crippen LogP contribution in [0.4, 0.5) is 0 Å². The van der Waals surface area contributed by atoms with Crippen molar-refractivity contribution in [1.29, 1.82) is 0 Å². The number of phenolic OH excluding ortho intramolecular Hbond substituents is 1. The predicted octanol–water partition coefficient (Wildman–Crippen LogP) is 1.60. The number of aromatic hydroxyl groups is 1. The molecule has 0 amide bonds. The molecule has 84 valence electrons. The van der Waals surface area contributed by atoms with E-state index in [1.807, 2.05) is 13.8 Å². The summed E-state index contributed by atoms with van der Waals surface area (Å²) in [7, 11) is 2.98. The van der Waals surface area contributed by atoms with Gasteiger partial charge in [0, 0.05) is 5.54 Å². The highest BCUT2D eigenvalue weighted by Gasteiger charge is 2.19. The minimum atomic E-state index is -0.506. The zero-order valence-electron chi connectivity index (χ0n) is 9.50. The molecule has 4 nitrogen and oxygen atoms in total. The maximum Gasteiger partial charge on any atom is 0.200 e. The van der Waals surface area contributed by atoms with Crippen LogP contribution in [0.3, 0.4) is 0 Å². The van der Waals surface area contributed by atoms with Gasteiger partial charge in [-0.1, -0.05) is 0 Å². The first kappa shape index (κ1) is 11.7. The largest absolute Gasteiger partial charge is 0.502 e. The number of benzene rings is 1. The Labute approximate surface area is 89.6 Å². The molecule has 0 heterocycles. The number of hydrogen-bond acceptors (Lipinski definition) is 4. The number of ether oxygens (including phenoxy) is 2. The summed E-state index contributed by atoms with van der Waals surface area (Å²) in [5.41, 5.74) is 6.30. The molecule has 1 aromatic carbocycles. The molecule has 3 N–H and O–H groups in total. The van der Waals surface area contributed by atoms with Crippen LogP contribution in [0.5, 0.6) is 17.2 Å². The van der Waals surface area contributed by atoms with Crippen LogP contribution < -0.4 is 15.2 Å². The monoisotopic (exact) mass is 211 g/mol. The van der Waals surface area contributed by atoms with Crippen molar-refractivity contribution < 1.29 is 14.6 Å². The van der Waals surface area contributed by atoms with Crippen molar-refractivity contribution in [1.82, 2.24) is 0 Å². The third-order valence-corrected chi connectivity index (χ3v) is 2.22. The van der Waals surface area contributed by atoms with E-state index in [0.717, 1.165) is 5.56 Å². The van der Waals surface area contributed by atoms with E-state index in [1.165, 1.54) is 14.2 Å². The first-order chi connectivity index (χ1) is 6.90. The Morgan fingerprint density at radius 1 is 1.13 bits per heavy atom. The normalized spacial score (nSPS) is 11.3.